The van der Waals surface area contributed by atoms with Crippen molar-refractivity contribution in [1.82, 2.24) is 25.1 Å². The van der Waals surface area contributed by atoms with Gasteiger partial charge in [-0.15, -0.1) is 0 Å². The van der Waals surface area contributed by atoms with E-state index in [0.29, 0.717) is 31.0 Å². The van der Waals surface area contributed by atoms with E-state index in [2.05, 4.69) is 20.4 Å². The predicted molar refractivity (Wildman–Crippen MR) is 103 cm³/mol. The summed E-state index contributed by atoms with van der Waals surface area (Å²) >= 11 is 0. The number of carbonyl (C=O) groups is 1. The summed E-state index contributed by atoms with van der Waals surface area (Å²) in [4.78, 5) is 30.9. The van der Waals surface area contributed by atoms with Gasteiger partial charge in [-0.2, -0.15) is 5.10 Å². The lowest BCUT2D eigenvalue weighted by Crippen LogP contribution is -2.23. The van der Waals surface area contributed by atoms with Gasteiger partial charge in [0.05, 0.1) is 5.69 Å². The lowest BCUT2D eigenvalue weighted by molar-refractivity contribution is -0.121. The molecule has 0 aliphatic rings. The molecule has 0 atom stereocenters. The van der Waals surface area contributed by atoms with Crippen molar-refractivity contribution < 1.29 is 4.79 Å². The number of nitrogens with zero attached hydrogens (tertiary/aromatic N) is 3. The number of aryl methyl sites for hydroxylation is 2. The van der Waals surface area contributed by atoms with E-state index < -0.39 is 0 Å². The van der Waals surface area contributed by atoms with E-state index in [0.717, 1.165) is 22.5 Å². The van der Waals surface area contributed by atoms with Crippen LogP contribution in [0, 0.1) is 20.8 Å². The second-order valence-electron chi connectivity index (χ2n) is 6.53. The molecule has 1 aromatic carbocycles. The average Bonchev–Trinajstić information content (AvgIpc) is 2.92. The molecule has 2 N–H and O–H groups in total. The summed E-state index contributed by atoms with van der Waals surface area (Å²) < 4.78 is 1.63. The third kappa shape index (κ3) is 4.49. The number of H-pyrrole nitrogens is 1. The van der Waals surface area contributed by atoms with Crippen LogP contribution in [0.4, 0.5) is 0 Å². The topological polar surface area (TPSA) is 92.7 Å². The summed E-state index contributed by atoms with van der Waals surface area (Å²) in [5.74, 6) is 0.382. The Morgan fingerprint density at radius 2 is 1.93 bits per heavy atom. The predicted octanol–water partition coefficient (Wildman–Crippen LogP) is 2.13. The van der Waals surface area contributed by atoms with Gasteiger partial charge in [-0.05, 0) is 38.3 Å². The molecule has 0 spiro atoms. The van der Waals surface area contributed by atoms with Crippen LogP contribution < -0.4 is 10.9 Å². The highest BCUT2D eigenvalue weighted by Crippen LogP contribution is 2.17. The number of carbonyl (C=O) groups excluding carboxylic acids is 1. The molecular weight excluding hydrogens is 342 g/mol. The molecule has 0 aliphatic carbocycles. The Labute approximate surface area is 157 Å². The van der Waals surface area contributed by atoms with Gasteiger partial charge in [-0.25, -0.2) is 9.67 Å². The van der Waals surface area contributed by atoms with Gasteiger partial charge < -0.3 is 5.32 Å². The summed E-state index contributed by atoms with van der Waals surface area (Å²) in [5.41, 5.74) is 4.18. The summed E-state index contributed by atoms with van der Waals surface area (Å²) in [6, 6.07) is 11.2. The van der Waals surface area contributed by atoms with Crippen LogP contribution in [0.3, 0.4) is 0 Å². The molecule has 0 saturated carbocycles. The van der Waals surface area contributed by atoms with Crippen LogP contribution in [-0.2, 0) is 17.8 Å². The molecule has 2 heterocycles. The van der Waals surface area contributed by atoms with Crippen molar-refractivity contribution in [1.29, 1.82) is 0 Å². The number of hydrogen-bond acceptors (Lipinski definition) is 4. The summed E-state index contributed by atoms with van der Waals surface area (Å²) in [6.07, 6.45) is 0.951. The number of rotatable bonds is 6. The van der Waals surface area contributed by atoms with Gasteiger partial charge in [-0.1, -0.05) is 30.3 Å². The average molecular weight is 365 g/mol. The van der Waals surface area contributed by atoms with Crippen molar-refractivity contribution in [3.63, 3.8) is 0 Å². The minimum Gasteiger partial charge on any atom is -0.352 e. The summed E-state index contributed by atoms with van der Waals surface area (Å²) in [6.45, 7) is 6.10. The van der Waals surface area contributed by atoms with Gasteiger partial charge in [0.1, 0.15) is 0 Å². The summed E-state index contributed by atoms with van der Waals surface area (Å²) in [5, 5.41) is 7.42. The first-order valence-electron chi connectivity index (χ1n) is 8.88. The first-order chi connectivity index (χ1) is 12.9. The smallest absolute Gasteiger partial charge is 0.252 e. The van der Waals surface area contributed by atoms with Crippen molar-refractivity contribution in [3.8, 4) is 5.95 Å². The van der Waals surface area contributed by atoms with Crippen LogP contribution in [0.15, 0.2) is 41.2 Å². The molecular formula is C20H23N5O2. The molecule has 0 bridgehead atoms. The molecule has 3 rings (SSSR count). The monoisotopic (exact) mass is 365 g/mol. The van der Waals surface area contributed by atoms with Crippen molar-refractivity contribution in [2.75, 3.05) is 0 Å². The van der Waals surface area contributed by atoms with Gasteiger partial charge in [0.25, 0.3) is 5.56 Å². The number of amides is 1. The molecule has 0 saturated heterocycles. The molecule has 1 amide bonds. The largest absolute Gasteiger partial charge is 0.352 e. The SMILES string of the molecule is Cc1cc(=O)[nH]c(-n2nc(C)c(CCC(=O)NCc3ccccc3)c2C)n1. The molecule has 0 fully saturated rings. The zero-order valence-corrected chi connectivity index (χ0v) is 15.7. The van der Waals surface area contributed by atoms with Crippen LogP contribution in [0.25, 0.3) is 5.95 Å². The Balaban J connectivity index is 1.68. The van der Waals surface area contributed by atoms with Crippen molar-refractivity contribution in [3.05, 3.63) is 75.0 Å². The molecule has 7 nitrogen and oxygen atoms in total. The highest BCUT2D eigenvalue weighted by molar-refractivity contribution is 5.76. The van der Waals surface area contributed by atoms with E-state index in [4.69, 9.17) is 0 Å². The summed E-state index contributed by atoms with van der Waals surface area (Å²) in [7, 11) is 0. The number of nitrogens with one attached hydrogen (secondary N) is 2. The highest BCUT2D eigenvalue weighted by Gasteiger charge is 2.15. The zero-order valence-electron chi connectivity index (χ0n) is 15.7. The minimum atomic E-state index is -0.216. The lowest BCUT2D eigenvalue weighted by Gasteiger charge is -2.07. The Bertz CT molecular complexity index is 1000. The van der Waals surface area contributed by atoms with Gasteiger partial charge in [0, 0.05) is 30.4 Å². The standard InChI is InChI=1S/C20H23N5O2/c1-13-11-19(27)23-20(22-13)25-15(3)17(14(2)24-25)9-10-18(26)21-12-16-7-5-4-6-8-16/h4-8,11H,9-10,12H2,1-3H3,(H,21,26)(H,22,23,27). The molecule has 0 radical (unpaired) electrons. The van der Waals surface area contributed by atoms with Crippen LogP contribution in [-0.4, -0.2) is 25.7 Å². The normalized spacial score (nSPS) is 10.8. The Morgan fingerprint density at radius 3 is 2.63 bits per heavy atom. The second kappa shape index (κ2) is 7.99. The van der Waals surface area contributed by atoms with E-state index in [9.17, 15) is 9.59 Å². The van der Waals surface area contributed by atoms with E-state index in [-0.39, 0.29) is 11.5 Å². The Hall–Kier alpha value is -3.22. The molecule has 2 aromatic heterocycles. The Morgan fingerprint density at radius 1 is 1.19 bits per heavy atom. The van der Waals surface area contributed by atoms with Gasteiger partial charge in [0.2, 0.25) is 11.9 Å². The van der Waals surface area contributed by atoms with Crippen LogP contribution in [0.2, 0.25) is 0 Å². The maximum atomic E-state index is 12.2. The molecule has 0 aliphatic heterocycles. The van der Waals surface area contributed by atoms with Gasteiger partial charge >= 0.3 is 0 Å². The van der Waals surface area contributed by atoms with E-state index >= 15 is 0 Å². The van der Waals surface area contributed by atoms with Gasteiger partial charge in [-0.3, -0.25) is 14.6 Å². The zero-order chi connectivity index (χ0) is 19.4. The van der Waals surface area contributed by atoms with Crippen molar-refractivity contribution >= 4 is 5.91 Å². The first kappa shape index (κ1) is 18.6. The lowest BCUT2D eigenvalue weighted by atomic mass is 10.1. The fraction of sp³-hybridized carbons (Fsp3) is 0.300. The number of aromatic nitrogens is 4. The second-order valence-corrected chi connectivity index (χ2v) is 6.53. The molecule has 27 heavy (non-hydrogen) atoms. The van der Waals surface area contributed by atoms with E-state index in [1.54, 1.807) is 11.6 Å². The quantitative estimate of drug-likeness (QED) is 0.700. The maximum absolute atomic E-state index is 12.2. The molecule has 7 heteroatoms. The Kier molecular flexibility index (Phi) is 5.49. The third-order valence-corrected chi connectivity index (χ3v) is 4.43. The van der Waals surface area contributed by atoms with E-state index in [1.807, 2.05) is 44.2 Å². The first-order valence-corrected chi connectivity index (χ1v) is 8.88. The highest BCUT2D eigenvalue weighted by atomic mass is 16.1. The molecule has 0 unspecified atom stereocenters. The van der Waals surface area contributed by atoms with Crippen molar-refractivity contribution in [2.24, 2.45) is 0 Å². The molecule has 3 aromatic rings. The van der Waals surface area contributed by atoms with Gasteiger partial charge in [0.15, 0.2) is 0 Å². The van der Waals surface area contributed by atoms with Crippen molar-refractivity contribution in [2.45, 2.75) is 40.2 Å². The fourth-order valence-electron chi connectivity index (χ4n) is 3.03. The third-order valence-electron chi connectivity index (χ3n) is 4.43. The van der Waals surface area contributed by atoms with Crippen LogP contribution in [0.5, 0.6) is 0 Å². The number of benzene rings is 1. The minimum absolute atomic E-state index is 0.00695. The van der Waals surface area contributed by atoms with Crippen LogP contribution >= 0.6 is 0 Å². The number of aromatic amines is 1. The maximum Gasteiger partial charge on any atom is 0.252 e. The van der Waals surface area contributed by atoms with Crippen LogP contribution in [0.1, 0.15) is 34.6 Å². The fourth-order valence-corrected chi connectivity index (χ4v) is 3.03. The number of hydrogen-bond donors (Lipinski definition) is 2. The molecule has 140 valence electrons. The van der Waals surface area contributed by atoms with E-state index in [1.165, 1.54) is 6.07 Å².